The average Bonchev–Trinajstić information content (AvgIpc) is 2.26. The summed E-state index contributed by atoms with van der Waals surface area (Å²) in [5, 5.41) is 9.26. The molecule has 0 amide bonds. The van der Waals surface area contributed by atoms with Crippen LogP contribution in [0.1, 0.15) is 25.0 Å². The zero-order valence-electron chi connectivity index (χ0n) is 10.8. The Morgan fingerprint density at radius 3 is 2.56 bits per heavy atom. The number of nitrogens with zero attached hydrogens (tertiary/aromatic N) is 1. The van der Waals surface area contributed by atoms with Gasteiger partial charge in [0.25, 0.3) is 0 Å². The molecule has 0 spiro atoms. The second kappa shape index (κ2) is 5.46. The van der Waals surface area contributed by atoms with Crippen LogP contribution in [0.25, 0.3) is 0 Å². The molecule has 0 heterocycles. The molecule has 2 nitrogen and oxygen atoms in total. The molecule has 1 aromatic rings. The van der Waals surface area contributed by atoms with E-state index in [1.807, 2.05) is 0 Å². The molecule has 16 heavy (non-hydrogen) atoms. The van der Waals surface area contributed by atoms with Gasteiger partial charge in [-0.1, -0.05) is 29.8 Å². The molecule has 0 aliphatic rings. The first-order valence-corrected chi connectivity index (χ1v) is 5.83. The van der Waals surface area contributed by atoms with Crippen LogP contribution in [0.3, 0.4) is 0 Å². The summed E-state index contributed by atoms with van der Waals surface area (Å²) in [7, 11) is 2.06. The van der Waals surface area contributed by atoms with Gasteiger partial charge < -0.3 is 5.11 Å². The van der Waals surface area contributed by atoms with E-state index in [1.54, 1.807) is 0 Å². The van der Waals surface area contributed by atoms with Crippen LogP contribution in [0, 0.1) is 6.92 Å². The number of aliphatic hydroxyl groups excluding tert-OH is 1. The van der Waals surface area contributed by atoms with E-state index in [0.29, 0.717) is 0 Å². The second-order valence-corrected chi connectivity index (χ2v) is 5.13. The first-order chi connectivity index (χ1) is 7.45. The predicted molar refractivity (Wildman–Crippen MR) is 68.7 cm³/mol. The number of likely N-dealkylation sites (N-methyl/N-ethyl adjacent to an activating group) is 1. The number of hydrogen-bond acceptors (Lipinski definition) is 2. The van der Waals surface area contributed by atoms with Gasteiger partial charge in [0.1, 0.15) is 0 Å². The van der Waals surface area contributed by atoms with Crippen molar-refractivity contribution in [2.24, 2.45) is 0 Å². The van der Waals surface area contributed by atoms with Crippen molar-refractivity contribution in [3.8, 4) is 0 Å². The minimum absolute atomic E-state index is 0.135. The molecule has 0 radical (unpaired) electrons. The quantitative estimate of drug-likeness (QED) is 0.824. The van der Waals surface area contributed by atoms with Gasteiger partial charge in [0.2, 0.25) is 0 Å². The van der Waals surface area contributed by atoms with E-state index < -0.39 is 0 Å². The first-order valence-electron chi connectivity index (χ1n) is 5.83. The number of rotatable bonds is 5. The highest BCUT2D eigenvalue weighted by Gasteiger charge is 2.21. The Kier molecular flexibility index (Phi) is 4.51. The van der Waals surface area contributed by atoms with E-state index in [1.165, 1.54) is 11.1 Å². The summed E-state index contributed by atoms with van der Waals surface area (Å²) in [4.78, 5) is 2.20. The Labute approximate surface area is 98.9 Å². The third kappa shape index (κ3) is 3.62. The zero-order chi connectivity index (χ0) is 12.2. The Hall–Kier alpha value is -0.860. The SMILES string of the molecule is Cc1cccc(CCN(C)C(C)(C)CO)c1. The van der Waals surface area contributed by atoms with Crippen molar-refractivity contribution < 1.29 is 5.11 Å². The van der Waals surface area contributed by atoms with E-state index in [9.17, 15) is 5.11 Å². The lowest BCUT2D eigenvalue weighted by Gasteiger charge is -2.33. The monoisotopic (exact) mass is 221 g/mol. The molecule has 0 fully saturated rings. The second-order valence-electron chi connectivity index (χ2n) is 5.13. The van der Waals surface area contributed by atoms with E-state index >= 15 is 0 Å². The Morgan fingerprint density at radius 2 is 2.00 bits per heavy atom. The standard InChI is InChI=1S/C14H23NO/c1-12-6-5-7-13(10-12)8-9-15(4)14(2,3)11-16/h5-7,10,16H,8-9,11H2,1-4H3. The fraction of sp³-hybridized carbons (Fsp3) is 0.571. The molecule has 0 saturated heterocycles. The van der Waals surface area contributed by atoms with Crippen molar-refractivity contribution in [3.05, 3.63) is 35.4 Å². The Balaban J connectivity index is 2.52. The first kappa shape index (κ1) is 13.2. The molecule has 0 saturated carbocycles. The van der Waals surface area contributed by atoms with Gasteiger partial charge in [-0.2, -0.15) is 0 Å². The van der Waals surface area contributed by atoms with Crippen molar-refractivity contribution in [1.29, 1.82) is 0 Å². The summed E-state index contributed by atoms with van der Waals surface area (Å²) in [6.07, 6.45) is 1.03. The third-order valence-corrected chi connectivity index (χ3v) is 3.24. The summed E-state index contributed by atoms with van der Waals surface area (Å²) in [5.41, 5.74) is 2.53. The van der Waals surface area contributed by atoms with Crippen molar-refractivity contribution >= 4 is 0 Å². The Bertz CT molecular complexity index is 333. The molecule has 0 aliphatic carbocycles. The fourth-order valence-corrected chi connectivity index (χ4v) is 1.59. The van der Waals surface area contributed by atoms with Gasteiger partial charge in [0.05, 0.1) is 6.61 Å². The molecular formula is C14H23NO. The molecule has 1 rings (SSSR count). The summed E-state index contributed by atoms with van der Waals surface area (Å²) in [5.74, 6) is 0. The van der Waals surface area contributed by atoms with Gasteiger partial charge >= 0.3 is 0 Å². The lowest BCUT2D eigenvalue weighted by molar-refractivity contribution is 0.0801. The average molecular weight is 221 g/mol. The fourth-order valence-electron chi connectivity index (χ4n) is 1.59. The van der Waals surface area contributed by atoms with Crippen LogP contribution in [-0.4, -0.2) is 35.7 Å². The van der Waals surface area contributed by atoms with E-state index in [-0.39, 0.29) is 12.1 Å². The summed E-state index contributed by atoms with van der Waals surface area (Å²) >= 11 is 0. The Morgan fingerprint density at radius 1 is 1.31 bits per heavy atom. The predicted octanol–water partition coefficient (Wildman–Crippen LogP) is 2.24. The van der Waals surface area contributed by atoms with Gasteiger partial charge in [0, 0.05) is 12.1 Å². The molecule has 0 atom stereocenters. The van der Waals surface area contributed by atoms with Crippen molar-refractivity contribution in [3.63, 3.8) is 0 Å². The van der Waals surface area contributed by atoms with Gasteiger partial charge in [-0.15, -0.1) is 0 Å². The summed E-state index contributed by atoms with van der Waals surface area (Å²) in [6.45, 7) is 7.39. The molecule has 1 N–H and O–H groups in total. The van der Waals surface area contributed by atoms with Gasteiger partial charge in [-0.25, -0.2) is 0 Å². The van der Waals surface area contributed by atoms with Crippen LogP contribution in [-0.2, 0) is 6.42 Å². The summed E-state index contributed by atoms with van der Waals surface area (Å²) in [6, 6.07) is 8.60. The molecular weight excluding hydrogens is 198 g/mol. The van der Waals surface area contributed by atoms with Crippen molar-refractivity contribution in [2.45, 2.75) is 32.7 Å². The maximum atomic E-state index is 9.26. The molecule has 90 valence electrons. The number of benzene rings is 1. The van der Waals surface area contributed by atoms with Gasteiger partial charge in [-0.3, -0.25) is 4.90 Å². The highest BCUT2D eigenvalue weighted by molar-refractivity contribution is 5.22. The van der Waals surface area contributed by atoms with Crippen LogP contribution in [0.4, 0.5) is 0 Å². The van der Waals surface area contributed by atoms with Crippen molar-refractivity contribution in [2.75, 3.05) is 20.2 Å². The van der Waals surface area contributed by atoms with Gasteiger partial charge in [-0.05, 0) is 39.8 Å². The van der Waals surface area contributed by atoms with E-state index in [2.05, 4.69) is 57.0 Å². The van der Waals surface area contributed by atoms with E-state index in [0.717, 1.165) is 13.0 Å². The lowest BCUT2D eigenvalue weighted by atomic mass is 10.0. The van der Waals surface area contributed by atoms with E-state index in [4.69, 9.17) is 0 Å². The topological polar surface area (TPSA) is 23.5 Å². The molecule has 0 aliphatic heterocycles. The minimum Gasteiger partial charge on any atom is -0.394 e. The van der Waals surface area contributed by atoms with Crippen LogP contribution in [0.5, 0.6) is 0 Å². The largest absolute Gasteiger partial charge is 0.394 e. The highest BCUT2D eigenvalue weighted by Crippen LogP contribution is 2.12. The zero-order valence-corrected chi connectivity index (χ0v) is 10.8. The number of aryl methyl sites for hydroxylation is 1. The molecule has 1 aromatic carbocycles. The molecule has 0 unspecified atom stereocenters. The highest BCUT2D eigenvalue weighted by atomic mass is 16.3. The van der Waals surface area contributed by atoms with Crippen molar-refractivity contribution in [1.82, 2.24) is 4.90 Å². The van der Waals surface area contributed by atoms with Gasteiger partial charge in [0.15, 0.2) is 0 Å². The number of hydrogen-bond donors (Lipinski definition) is 1. The molecule has 2 heteroatoms. The van der Waals surface area contributed by atoms with Crippen LogP contribution >= 0.6 is 0 Å². The van der Waals surface area contributed by atoms with Crippen LogP contribution < -0.4 is 0 Å². The smallest absolute Gasteiger partial charge is 0.0609 e. The molecule has 0 bridgehead atoms. The van der Waals surface area contributed by atoms with Crippen LogP contribution in [0.2, 0.25) is 0 Å². The maximum Gasteiger partial charge on any atom is 0.0609 e. The van der Waals surface area contributed by atoms with Crippen LogP contribution in [0.15, 0.2) is 24.3 Å². The maximum absolute atomic E-state index is 9.26. The lowest BCUT2D eigenvalue weighted by Crippen LogP contribution is -2.45. The minimum atomic E-state index is -0.135. The number of aliphatic hydroxyl groups is 1. The normalized spacial score (nSPS) is 12.1. The summed E-state index contributed by atoms with van der Waals surface area (Å²) < 4.78 is 0. The molecule has 0 aromatic heterocycles. The third-order valence-electron chi connectivity index (χ3n) is 3.24.